The summed E-state index contributed by atoms with van der Waals surface area (Å²) < 4.78 is 0. The number of carbonyl (C=O) groups is 2. The zero-order valence-electron chi connectivity index (χ0n) is 14.2. The van der Waals surface area contributed by atoms with Gasteiger partial charge in [0.2, 0.25) is 11.8 Å². The van der Waals surface area contributed by atoms with Crippen molar-refractivity contribution in [3.8, 4) is 6.07 Å². The molecule has 0 unspecified atom stereocenters. The van der Waals surface area contributed by atoms with Gasteiger partial charge in [0.05, 0.1) is 16.5 Å². The standard InChI is InChI=1S/C19H17N3O2S/c1-11-12(2)15(10-20)18(21-13(11)3)25-16-9-17(23)22(19(16)24)14-7-5-4-6-8-14/h4-8,16H,9H2,1-3H3/t16-/m0/s1. The van der Waals surface area contributed by atoms with Gasteiger partial charge >= 0.3 is 0 Å². The maximum absolute atomic E-state index is 12.7. The zero-order chi connectivity index (χ0) is 18.1. The molecule has 0 radical (unpaired) electrons. The predicted octanol–water partition coefficient (Wildman–Crippen LogP) is 3.30. The van der Waals surface area contributed by atoms with Crippen molar-refractivity contribution in [2.45, 2.75) is 37.5 Å². The van der Waals surface area contributed by atoms with E-state index >= 15 is 0 Å². The summed E-state index contributed by atoms with van der Waals surface area (Å²) >= 11 is 1.20. The lowest BCUT2D eigenvalue weighted by molar-refractivity contribution is -0.121. The lowest BCUT2D eigenvalue weighted by Crippen LogP contribution is -2.31. The third-order valence-electron chi connectivity index (χ3n) is 4.45. The molecule has 1 aromatic carbocycles. The molecule has 1 saturated heterocycles. The second kappa shape index (κ2) is 6.69. The van der Waals surface area contributed by atoms with E-state index in [1.165, 1.54) is 16.7 Å². The van der Waals surface area contributed by atoms with Gasteiger partial charge in [0.25, 0.3) is 0 Å². The van der Waals surface area contributed by atoms with Crippen LogP contribution in [0.3, 0.4) is 0 Å². The van der Waals surface area contributed by atoms with E-state index in [4.69, 9.17) is 0 Å². The van der Waals surface area contributed by atoms with Gasteiger partial charge in [-0.15, -0.1) is 0 Å². The fourth-order valence-electron chi connectivity index (χ4n) is 2.81. The van der Waals surface area contributed by atoms with Crippen LogP contribution >= 0.6 is 11.8 Å². The van der Waals surface area contributed by atoms with Gasteiger partial charge in [0.1, 0.15) is 11.1 Å². The topological polar surface area (TPSA) is 74.1 Å². The summed E-state index contributed by atoms with van der Waals surface area (Å²) in [5.41, 5.74) is 3.72. The Labute approximate surface area is 150 Å². The molecule has 1 aromatic heterocycles. The number of rotatable bonds is 3. The number of aromatic nitrogens is 1. The molecule has 2 amide bonds. The first kappa shape index (κ1) is 17.2. The van der Waals surface area contributed by atoms with Crippen molar-refractivity contribution in [1.29, 1.82) is 5.26 Å². The molecule has 1 atom stereocenters. The summed E-state index contributed by atoms with van der Waals surface area (Å²) in [6.45, 7) is 5.68. The number of para-hydroxylation sites is 1. The van der Waals surface area contributed by atoms with Crippen molar-refractivity contribution in [2.75, 3.05) is 4.90 Å². The minimum atomic E-state index is -0.561. The number of hydrogen-bond donors (Lipinski definition) is 0. The number of carbonyl (C=O) groups excluding carboxylic acids is 2. The minimum absolute atomic E-state index is 0.108. The van der Waals surface area contributed by atoms with E-state index in [0.717, 1.165) is 16.8 Å². The fraction of sp³-hybridized carbons (Fsp3) is 0.263. The van der Waals surface area contributed by atoms with Crippen molar-refractivity contribution in [1.82, 2.24) is 4.98 Å². The molecule has 2 aromatic rings. The molecular weight excluding hydrogens is 334 g/mol. The highest BCUT2D eigenvalue weighted by molar-refractivity contribution is 8.00. The smallest absolute Gasteiger partial charge is 0.247 e. The number of benzene rings is 1. The lowest BCUT2D eigenvalue weighted by atomic mass is 10.1. The lowest BCUT2D eigenvalue weighted by Gasteiger charge is -2.15. The number of imide groups is 1. The Balaban J connectivity index is 1.92. The number of aryl methyl sites for hydroxylation is 1. The number of amides is 2. The second-order valence-corrected chi connectivity index (χ2v) is 7.14. The summed E-state index contributed by atoms with van der Waals surface area (Å²) in [6.07, 6.45) is 0.108. The Morgan fingerprint density at radius 1 is 1.16 bits per heavy atom. The van der Waals surface area contributed by atoms with Crippen LogP contribution in [0.5, 0.6) is 0 Å². The van der Waals surface area contributed by atoms with Crippen LogP contribution in [0.15, 0.2) is 35.4 Å². The Morgan fingerprint density at radius 3 is 2.48 bits per heavy atom. The average Bonchev–Trinajstić information content (AvgIpc) is 2.87. The van der Waals surface area contributed by atoms with Crippen LogP contribution in [-0.2, 0) is 9.59 Å². The molecular formula is C19H17N3O2S. The first-order valence-corrected chi connectivity index (χ1v) is 8.78. The summed E-state index contributed by atoms with van der Waals surface area (Å²) in [5.74, 6) is -0.490. The van der Waals surface area contributed by atoms with Gasteiger partial charge in [-0.3, -0.25) is 9.59 Å². The Morgan fingerprint density at radius 2 is 1.84 bits per heavy atom. The highest BCUT2D eigenvalue weighted by Crippen LogP contribution is 2.36. The van der Waals surface area contributed by atoms with E-state index in [0.29, 0.717) is 16.3 Å². The van der Waals surface area contributed by atoms with E-state index < -0.39 is 5.25 Å². The Bertz CT molecular complexity index is 903. The molecule has 0 bridgehead atoms. The van der Waals surface area contributed by atoms with Crippen molar-refractivity contribution >= 4 is 29.3 Å². The van der Waals surface area contributed by atoms with Crippen LogP contribution in [0, 0.1) is 32.1 Å². The second-order valence-electron chi connectivity index (χ2n) is 5.95. The summed E-state index contributed by atoms with van der Waals surface area (Å²) in [6, 6.07) is 11.1. The average molecular weight is 351 g/mol. The van der Waals surface area contributed by atoms with Crippen LogP contribution in [0.1, 0.15) is 28.8 Å². The monoisotopic (exact) mass is 351 g/mol. The molecule has 126 valence electrons. The molecule has 0 N–H and O–H groups in total. The number of nitriles is 1. The van der Waals surface area contributed by atoms with Crippen LogP contribution < -0.4 is 4.90 Å². The van der Waals surface area contributed by atoms with Crippen molar-refractivity contribution in [3.05, 3.63) is 52.7 Å². The van der Waals surface area contributed by atoms with Crippen LogP contribution in [-0.4, -0.2) is 22.0 Å². The molecule has 25 heavy (non-hydrogen) atoms. The largest absolute Gasteiger partial charge is 0.274 e. The van der Waals surface area contributed by atoms with E-state index in [2.05, 4.69) is 11.1 Å². The number of thioether (sulfide) groups is 1. The molecule has 1 aliphatic heterocycles. The van der Waals surface area contributed by atoms with Gasteiger partial charge in [0.15, 0.2) is 0 Å². The van der Waals surface area contributed by atoms with E-state index in [9.17, 15) is 14.9 Å². The SMILES string of the molecule is Cc1nc(S[C@H]2CC(=O)N(c3ccccc3)C2=O)c(C#N)c(C)c1C. The summed E-state index contributed by atoms with van der Waals surface area (Å²) in [5, 5.41) is 9.43. The van der Waals surface area contributed by atoms with Crippen LogP contribution in [0.2, 0.25) is 0 Å². The number of anilines is 1. The number of hydrogen-bond acceptors (Lipinski definition) is 5. The normalized spacial score (nSPS) is 17.0. The molecule has 3 rings (SSSR count). The number of nitrogens with zero attached hydrogens (tertiary/aromatic N) is 3. The maximum atomic E-state index is 12.7. The van der Waals surface area contributed by atoms with Gasteiger partial charge in [-0.2, -0.15) is 5.26 Å². The van der Waals surface area contributed by atoms with E-state index in [1.807, 2.05) is 26.8 Å². The maximum Gasteiger partial charge on any atom is 0.247 e. The summed E-state index contributed by atoms with van der Waals surface area (Å²) in [4.78, 5) is 30.8. The number of pyridine rings is 1. The molecule has 6 heteroatoms. The predicted molar refractivity (Wildman–Crippen MR) is 96.4 cm³/mol. The van der Waals surface area contributed by atoms with Crippen LogP contribution in [0.4, 0.5) is 5.69 Å². The van der Waals surface area contributed by atoms with Crippen LogP contribution in [0.25, 0.3) is 0 Å². The highest BCUT2D eigenvalue weighted by atomic mass is 32.2. The van der Waals surface area contributed by atoms with Gasteiger partial charge in [-0.05, 0) is 44.0 Å². The van der Waals surface area contributed by atoms with E-state index in [-0.39, 0.29) is 18.2 Å². The summed E-state index contributed by atoms with van der Waals surface area (Å²) in [7, 11) is 0. The first-order chi connectivity index (χ1) is 11.9. The van der Waals surface area contributed by atoms with Crippen molar-refractivity contribution in [3.63, 3.8) is 0 Å². The quantitative estimate of drug-likeness (QED) is 0.793. The van der Waals surface area contributed by atoms with E-state index in [1.54, 1.807) is 24.3 Å². The zero-order valence-corrected chi connectivity index (χ0v) is 15.1. The minimum Gasteiger partial charge on any atom is -0.274 e. The fourth-order valence-corrected chi connectivity index (χ4v) is 4.02. The van der Waals surface area contributed by atoms with Gasteiger partial charge < -0.3 is 0 Å². The first-order valence-electron chi connectivity index (χ1n) is 7.90. The van der Waals surface area contributed by atoms with Gasteiger partial charge in [0, 0.05) is 12.1 Å². The molecule has 2 heterocycles. The van der Waals surface area contributed by atoms with Crippen molar-refractivity contribution < 1.29 is 9.59 Å². The molecule has 0 spiro atoms. The van der Waals surface area contributed by atoms with Crippen molar-refractivity contribution in [2.24, 2.45) is 0 Å². The van der Waals surface area contributed by atoms with Gasteiger partial charge in [-0.1, -0.05) is 30.0 Å². The third-order valence-corrected chi connectivity index (χ3v) is 5.62. The molecule has 1 fully saturated rings. The molecule has 1 aliphatic rings. The highest BCUT2D eigenvalue weighted by Gasteiger charge is 2.40. The Kier molecular flexibility index (Phi) is 4.60. The molecule has 5 nitrogen and oxygen atoms in total. The Hall–Kier alpha value is -2.65. The van der Waals surface area contributed by atoms with Gasteiger partial charge in [-0.25, -0.2) is 9.88 Å². The molecule has 0 aliphatic carbocycles. The molecule has 0 saturated carbocycles. The third kappa shape index (κ3) is 3.03.